The Hall–Kier alpha value is -2.72. The number of aliphatic carboxylic acids is 1. The molecular formula is C12H16N6O4. The minimum atomic E-state index is -1.13. The molecule has 2 aromatic rings. The lowest BCUT2D eigenvalue weighted by Crippen LogP contribution is -2.36. The highest BCUT2D eigenvalue weighted by Gasteiger charge is 2.19. The maximum atomic E-state index is 11.8. The summed E-state index contributed by atoms with van der Waals surface area (Å²) in [6.07, 6.45) is 4.69. The second kappa shape index (κ2) is 6.83. The SMILES string of the molecule is N[C@H](Cc1cnc[nH]1)C(=O)Oc1ncc(C[C@H](N)C(=O)O)[nH]1. The fourth-order valence-electron chi connectivity index (χ4n) is 1.71. The number of nitrogens with one attached hydrogen (secondary N) is 2. The van der Waals surface area contributed by atoms with Crippen LogP contribution in [-0.4, -0.2) is 49.1 Å². The predicted octanol–water partition coefficient (Wildman–Crippen LogP) is -1.44. The molecule has 0 aromatic carbocycles. The van der Waals surface area contributed by atoms with E-state index in [1.165, 1.54) is 12.5 Å². The highest BCUT2D eigenvalue weighted by molar-refractivity contribution is 5.77. The molecule has 0 fully saturated rings. The fourth-order valence-corrected chi connectivity index (χ4v) is 1.71. The van der Waals surface area contributed by atoms with Crippen molar-refractivity contribution >= 4 is 11.9 Å². The van der Waals surface area contributed by atoms with Crippen LogP contribution < -0.4 is 16.2 Å². The molecule has 0 aliphatic carbocycles. The van der Waals surface area contributed by atoms with Crippen molar-refractivity contribution in [2.24, 2.45) is 11.5 Å². The molecule has 0 radical (unpaired) electrons. The van der Waals surface area contributed by atoms with Crippen molar-refractivity contribution in [2.45, 2.75) is 24.9 Å². The molecule has 2 atom stereocenters. The van der Waals surface area contributed by atoms with E-state index in [-0.39, 0.29) is 18.9 Å². The number of nitrogens with two attached hydrogens (primary N) is 2. The third kappa shape index (κ3) is 4.14. The van der Waals surface area contributed by atoms with Crippen LogP contribution >= 0.6 is 0 Å². The van der Waals surface area contributed by atoms with E-state index in [1.54, 1.807) is 6.20 Å². The highest BCUT2D eigenvalue weighted by Crippen LogP contribution is 2.08. The van der Waals surface area contributed by atoms with Crippen LogP contribution in [0.5, 0.6) is 6.01 Å². The van der Waals surface area contributed by atoms with Crippen molar-refractivity contribution in [2.75, 3.05) is 0 Å². The van der Waals surface area contributed by atoms with Gasteiger partial charge in [0.05, 0.1) is 12.5 Å². The first-order valence-electron chi connectivity index (χ1n) is 6.42. The number of nitrogens with zero attached hydrogens (tertiary/aromatic N) is 2. The molecule has 10 heteroatoms. The molecule has 2 aromatic heterocycles. The molecule has 0 spiro atoms. The van der Waals surface area contributed by atoms with Gasteiger partial charge < -0.3 is 31.3 Å². The van der Waals surface area contributed by atoms with Gasteiger partial charge in [-0.3, -0.25) is 4.79 Å². The van der Waals surface area contributed by atoms with Gasteiger partial charge in [-0.25, -0.2) is 14.8 Å². The Morgan fingerprint density at radius 2 is 1.95 bits per heavy atom. The van der Waals surface area contributed by atoms with Crippen molar-refractivity contribution in [1.29, 1.82) is 0 Å². The van der Waals surface area contributed by atoms with E-state index < -0.39 is 24.0 Å². The molecule has 22 heavy (non-hydrogen) atoms. The summed E-state index contributed by atoms with van der Waals surface area (Å²) in [5.41, 5.74) is 12.3. The fraction of sp³-hybridized carbons (Fsp3) is 0.333. The van der Waals surface area contributed by atoms with E-state index in [1.807, 2.05) is 0 Å². The van der Waals surface area contributed by atoms with Gasteiger partial charge in [-0.15, -0.1) is 0 Å². The second-order valence-corrected chi connectivity index (χ2v) is 4.67. The summed E-state index contributed by atoms with van der Waals surface area (Å²) < 4.78 is 4.99. The third-order valence-electron chi connectivity index (χ3n) is 2.86. The average Bonchev–Trinajstić information content (AvgIpc) is 3.10. The van der Waals surface area contributed by atoms with Crippen LogP contribution in [-0.2, 0) is 22.4 Å². The molecule has 10 nitrogen and oxygen atoms in total. The lowest BCUT2D eigenvalue weighted by atomic mass is 10.2. The van der Waals surface area contributed by atoms with Crippen molar-refractivity contribution in [1.82, 2.24) is 19.9 Å². The zero-order chi connectivity index (χ0) is 16.1. The van der Waals surface area contributed by atoms with E-state index in [4.69, 9.17) is 21.3 Å². The summed E-state index contributed by atoms with van der Waals surface area (Å²) >= 11 is 0. The summed E-state index contributed by atoms with van der Waals surface area (Å²) in [5, 5.41) is 8.72. The van der Waals surface area contributed by atoms with Crippen LogP contribution in [0.25, 0.3) is 0 Å². The summed E-state index contributed by atoms with van der Waals surface area (Å²) in [6, 6.07) is -2.00. The Kier molecular flexibility index (Phi) is 4.86. The van der Waals surface area contributed by atoms with E-state index in [0.717, 1.165) is 0 Å². The Morgan fingerprint density at radius 3 is 2.59 bits per heavy atom. The van der Waals surface area contributed by atoms with Gasteiger partial charge >= 0.3 is 17.9 Å². The molecule has 2 rings (SSSR count). The number of carboxylic acid groups (broad SMARTS) is 1. The smallest absolute Gasteiger partial charge is 0.331 e. The van der Waals surface area contributed by atoms with Gasteiger partial charge in [0.15, 0.2) is 0 Å². The van der Waals surface area contributed by atoms with Crippen molar-refractivity contribution in [3.63, 3.8) is 0 Å². The van der Waals surface area contributed by atoms with Gasteiger partial charge in [-0.05, 0) is 0 Å². The lowest BCUT2D eigenvalue weighted by molar-refractivity contribution is -0.138. The van der Waals surface area contributed by atoms with Crippen molar-refractivity contribution in [3.05, 3.63) is 30.1 Å². The Labute approximate surface area is 124 Å². The zero-order valence-corrected chi connectivity index (χ0v) is 11.5. The van der Waals surface area contributed by atoms with Crippen LogP contribution in [0.1, 0.15) is 11.4 Å². The number of imidazole rings is 2. The first-order valence-corrected chi connectivity index (χ1v) is 6.42. The first-order chi connectivity index (χ1) is 10.5. The Bertz CT molecular complexity index is 638. The molecule has 0 bridgehead atoms. The van der Waals surface area contributed by atoms with E-state index in [9.17, 15) is 9.59 Å². The maximum Gasteiger partial charge on any atom is 0.331 e. The molecule has 0 unspecified atom stereocenters. The number of ether oxygens (including phenoxy) is 1. The van der Waals surface area contributed by atoms with Crippen molar-refractivity contribution < 1.29 is 19.4 Å². The molecule has 2 heterocycles. The highest BCUT2D eigenvalue weighted by atomic mass is 16.5. The summed E-state index contributed by atoms with van der Waals surface area (Å²) in [5.74, 6) is -1.80. The van der Waals surface area contributed by atoms with Gasteiger partial charge in [0.1, 0.15) is 12.1 Å². The number of hydrogen-bond donors (Lipinski definition) is 5. The number of carbonyl (C=O) groups excluding carboxylic acids is 1. The number of carboxylic acids is 1. The van der Waals surface area contributed by atoms with Gasteiger partial charge in [0.25, 0.3) is 0 Å². The van der Waals surface area contributed by atoms with Gasteiger partial charge in [0, 0.05) is 30.4 Å². The Balaban J connectivity index is 1.89. The second-order valence-electron chi connectivity index (χ2n) is 4.67. The largest absolute Gasteiger partial charge is 0.480 e. The van der Waals surface area contributed by atoms with E-state index >= 15 is 0 Å². The Morgan fingerprint density at radius 1 is 1.23 bits per heavy atom. The van der Waals surface area contributed by atoms with Gasteiger partial charge in [-0.1, -0.05) is 0 Å². The minimum absolute atomic E-state index is 0.0417. The number of aromatic amines is 2. The van der Waals surface area contributed by atoms with Gasteiger partial charge in [-0.2, -0.15) is 0 Å². The molecule has 0 saturated heterocycles. The standard InChI is InChI=1S/C12H16N6O4/c13-8(10(19)20)2-7-4-16-12(18-7)22-11(21)9(14)1-6-3-15-5-17-6/h3-5,8-9H,1-2,13-14H2,(H,15,17)(H,16,18)(H,19,20)/t8-,9+/m0/s1. The molecular weight excluding hydrogens is 292 g/mol. The summed E-state index contributed by atoms with van der Waals surface area (Å²) in [7, 11) is 0. The number of H-pyrrole nitrogens is 2. The monoisotopic (exact) mass is 308 g/mol. The molecule has 0 aliphatic rings. The average molecular weight is 308 g/mol. The zero-order valence-electron chi connectivity index (χ0n) is 11.5. The molecule has 118 valence electrons. The predicted molar refractivity (Wildman–Crippen MR) is 73.8 cm³/mol. The maximum absolute atomic E-state index is 11.8. The molecule has 0 amide bonds. The topological polar surface area (TPSA) is 173 Å². The van der Waals surface area contributed by atoms with Crippen LogP contribution in [0.2, 0.25) is 0 Å². The summed E-state index contributed by atoms with van der Waals surface area (Å²) in [4.78, 5) is 35.6. The lowest BCUT2D eigenvalue weighted by Gasteiger charge is -2.08. The van der Waals surface area contributed by atoms with E-state index in [2.05, 4.69) is 19.9 Å². The number of esters is 1. The number of carbonyl (C=O) groups is 2. The number of aromatic nitrogens is 4. The van der Waals surface area contributed by atoms with Crippen molar-refractivity contribution in [3.8, 4) is 6.01 Å². The molecule has 0 saturated carbocycles. The molecule has 7 N–H and O–H groups in total. The minimum Gasteiger partial charge on any atom is -0.480 e. The van der Waals surface area contributed by atoms with Crippen LogP contribution in [0, 0.1) is 0 Å². The molecule has 0 aliphatic heterocycles. The first kappa shape index (κ1) is 15.7. The normalized spacial score (nSPS) is 13.5. The van der Waals surface area contributed by atoms with E-state index in [0.29, 0.717) is 11.4 Å². The van der Waals surface area contributed by atoms with Gasteiger partial charge in [0.2, 0.25) is 0 Å². The quantitative estimate of drug-likeness (QED) is 0.387. The number of rotatable bonds is 7. The van der Waals surface area contributed by atoms with Crippen LogP contribution in [0.3, 0.4) is 0 Å². The van der Waals surface area contributed by atoms with Crippen LogP contribution in [0.15, 0.2) is 18.7 Å². The summed E-state index contributed by atoms with van der Waals surface area (Å²) in [6.45, 7) is 0. The third-order valence-corrected chi connectivity index (χ3v) is 2.86. The number of hydrogen-bond acceptors (Lipinski definition) is 7. The van der Waals surface area contributed by atoms with Crippen LogP contribution in [0.4, 0.5) is 0 Å².